The van der Waals surface area contributed by atoms with E-state index in [0.717, 1.165) is 18.5 Å². The van der Waals surface area contributed by atoms with E-state index < -0.39 is 0 Å². The van der Waals surface area contributed by atoms with Crippen molar-refractivity contribution in [3.8, 4) is 11.4 Å². The minimum absolute atomic E-state index is 0.0301. The predicted molar refractivity (Wildman–Crippen MR) is 88.1 cm³/mol. The number of nitrogens with one attached hydrogen (secondary N) is 1. The predicted octanol–water partition coefficient (Wildman–Crippen LogP) is 1.40. The first-order chi connectivity index (χ1) is 11.7. The van der Waals surface area contributed by atoms with Crippen molar-refractivity contribution in [1.82, 2.24) is 35.3 Å². The van der Waals surface area contributed by atoms with E-state index in [9.17, 15) is 4.79 Å². The van der Waals surface area contributed by atoms with Crippen molar-refractivity contribution >= 4 is 17.5 Å². The molecule has 0 saturated carbocycles. The standard InChI is InChI=1S/C15H16ClN7O/c16-13-5-3-12(4-6-13)15-19-21-23(20-15)11-14(24)17-7-1-9-22-10-2-8-18-22/h2-6,8,10H,1,7,9,11H2,(H,17,24). The molecule has 0 aliphatic rings. The van der Waals surface area contributed by atoms with Crippen molar-refractivity contribution in [2.75, 3.05) is 6.54 Å². The Hall–Kier alpha value is -2.74. The fourth-order valence-corrected chi connectivity index (χ4v) is 2.24. The van der Waals surface area contributed by atoms with Crippen LogP contribution in [0, 0.1) is 0 Å². The van der Waals surface area contributed by atoms with Crippen molar-refractivity contribution < 1.29 is 4.79 Å². The molecule has 0 aliphatic heterocycles. The lowest BCUT2D eigenvalue weighted by molar-refractivity contribution is -0.122. The number of aromatic nitrogens is 6. The second-order valence-electron chi connectivity index (χ2n) is 5.12. The normalized spacial score (nSPS) is 10.7. The molecule has 24 heavy (non-hydrogen) atoms. The Morgan fingerprint density at radius 3 is 2.83 bits per heavy atom. The summed E-state index contributed by atoms with van der Waals surface area (Å²) in [6.45, 7) is 1.36. The van der Waals surface area contributed by atoms with Crippen molar-refractivity contribution in [1.29, 1.82) is 0 Å². The fraction of sp³-hybridized carbons (Fsp3) is 0.267. The Morgan fingerprint density at radius 1 is 1.25 bits per heavy atom. The third kappa shape index (κ3) is 4.39. The molecule has 1 aromatic carbocycles. The molecule has 0 unspecified atom stereocenters. The molecule has 0 spiro atoms. The number of amides is 1. The van der Waals surface area contributed by atoms with E-state index in [0.29, 0.717) is 17.4 Å². The number of aryl methyl sites for hydroxylation is 1. The number of carbonyl (C=O) groups excluding carboxylic acids is 1. The van der Waals surface area contributed by atoms with Gasteiger partial charge in [0.15, 0.2) is 0 Å². The van der Waals surface area contributed by atoms with E-state index in [2.05, 4.69) is 25.8 Å². The van der Waals surface area contributed by atoms with Gasteiger partial charge in [0.25, 0.3) is 0 Å². The van der Waals surface area contributed by atoms with Crippen LogP contribution in [-0.2, 0) is 17.9 Å². The summed E-state index contributed by atoms with van der Waals surface area (Å²) in [6.07, 6.45) is 4.42. The van der Waals surface area contributed by atoms with Gasteiger partial charge < -0.3 is 5.32 Å². The van der Waals surface area contributed by atoms with Gasteiger partial charge in [0, 0.05) is 36.1 Å². The summed E-state index contributed by atoms with van der Waals surface area (Å²) in [5.41, 5.74) is 0.797. The van der Waals surface area contributed by atoms with Crippen molar-refractivity contribution in [3.05, 3.63) is 47.7 Å². The molecule has 0 radical (unpaired) electrons. The van der Waals surface area contributed by atoms with Crippen LogP contribution in [0.1, 0.15) is 6.42 Å². The van der Waals surface area contributed by atoms with E-state index in [4.69, 9.17) is 11.6 Å². The van der Waals surface area contributed by atoms with E-state index in [1.807, 2.05) is 16.9 Å². The van der Waals surface area contributed by atoms with Crippen molar-refractivity contribution in [2.24, 2.45) is 0 Å². The number of hydrogen-bond acceptors (Lipinski definition) is 5. The second kappa shape index (κ2) is 7.69. The summed E-state index contributed by atoms with van der Waals surface area (Å²) < 4.78 is 1.82. The summed E-state index contributed by atoms with van der Waals surface area (Å²) in [4.78, 5) is 13.2. The molecule has 0 fully saturated rings. The van der Waals surface area contributed by atoms with Gasteiger partial charge in [-0.15, -0.1) is 10.2 Å². The van der Waals surface area contributed by atoms with Crippen LogP contribution >= 0.6 is 11.6 Å². The SMILES string of the molecule is O=C(Cn1nnc(-c2ccc(Cl)cc2)n1)NCCCn1cccn1. The Labute approximate surface area is 143 Å². The number of halogens is 1. The van der Waals surface area contributed by atoms with Crippen LogP contribution in [0.3, 0.4) is 0 Å². The summed E-state index contributed by atoms with van der Waals surface area (Å²) in [6, 6.07) is 8.99. The lowest BCUT2D eigenvalue weighted by Gasteiger charge is -2.04. The van der Waals surface area contributed by atoms with Crippen LogP contribution in [0.15, 0.2) is 42.7 Å². The molecule has 0 saturated heterocycles. The van der Waals surface area contributed by atoms with Gasteiger partial charge in [-0.05, 0) is 42.0 Å². The van der Waals surface area contributed by atoms with Crippen molar-refractivity contribution in [2.45, 2.75) is 19.5 Å². The minimum atomic E-state index is -0.157. The van der Waals surface area contributed by atoms with Gasteiger partial charge in [0.05, 0.1) is 0 Å². The van der Waals surface area contributed by atoms with Crippen LogP contribution in [0.2, 0.25) is 5.02 Å². The molecule has 3 rings (SSSR count). The maximum absolute atomic E-state index is 11.9. The number of benzene rings is 1. The quantitative estimate of drug-likeness (QED) is 0.653. The van der Waals surface area contributed by atoms with Gasteiger partial charge in [-0.25, -0.2) is 0 Å². The zero-order valence-corrected chi connectivity index (χ0v) is 13.6. The summed E-state index contributed by atoms with van der Waals surface area (Å²) >= 11 is 5.85. The van der Waals surface area contributed by atoms with Gasteiger partial charge in [0.1, 0.15) is 6.54 Å². The van der Waals surface area contributed by atoms with Gasteiger partial charge >= 0.3 is 0 Å². The zero-order chi connectivity index (χ0) is 16.8. The number of tetrazole rings is 1. The molecule has 2 heterocycles. The maximum atomic E-state index is 11.9. The van der Waals surface area contributed by atoms with Crippen molar-refractivity contribution in [3.63, 3.8) is 0 Å². The van der Waals surface area contributed by atoms with Crippen LogP contribution in [0.25, 0.3) is 11.4 Å². The number of hydrogen-bond donors (Lipinski definition) is 1. The zero-order valence-electron chi connectivity index (χ0n) is 12.8. The van der Waals surface area contributed by atoms with E-state index in [-0.39, 0.29) is 12.5 Å². The molecular weight excluding hydrogens is 330 g/mol. The molecule has 3 aromatic rings. The first kappa shape index (κ1) is 16.1. The Kier molecular flexibility index (Phi) is 5.17. The van der Waals surface area contributed by atoms with Gasteiger partial charge in [0.2, 0.25) is 11.7 Å². The third-order valence-corrected chi connectivity index (χ3v) is 3.54. The highest BCUT2D eigenvalue weighted by Crippen LogP contribution is 2.16. The molecule has 2 aromatic heterocycles. The lowest BCUT2D eigenvalue weighted by Crippen LogP contribution is -2.29. The molecule has 1 N–H and O–H groups in total. The lowest BCUT2D eigenvalue weighted by atomic mass is 10.2. The first-order valence-corrected chi connectivity index (χ1v) is 7.86. The average molecular weight is 346 g/mol. The highest BCUT2D eigenvalue weighted by Gasteiger charge is 2.09. The van der Waals surface area contributed by atoms with E-state index in [1.165, 1.54) is 4.80 Å². The molecular formula is C15H16ClN7O. The van der Waals surface area contributed by atoms with Crippen LogP contribution in [0.5, 0.6) is 0 Å². The minimum Gasteiger partial charge on any atom is -0.354 e. The number of rotatable bonds is 7. The highest BCUT2D eigenvalue weighted by molar-refractivity contribution is 6.30. The number of nitrogens with zero attached hydrogens (tertiary/aromatic N) is 6. The molecule has 124 valence electrons. The van der Waals surface area contributed by atoms with E-state index >= 15 is 0 Å². The topological polar surface area (TPSA) is 90.5 Å². The average Bonchev–Trinajstić information content (AvgIpc) is 3.24. The summed E-state index contributed by atoms with van der Waals surface area (Å²) in [5.74, 6) is 0.300. The maximum Gasteiger partial charge on any atom is 0.243 e. The summed E-state index contributed by atoms with van der Waals surface area (Å²) in [7, 11) is 0. The molecule has 0 bridgehead atoms. The van der Waals surface area contributed by atoms with E-state index in [1.54, 1.807) is 30.5 Å². The largest absolute Gasteiger partial charge is 0.354 e. The number of carbonyl (C=O) groups is 1. The van der Waals surface area contributed by atoms with Crippen LogP contribution < -0.4 is 5.32 Å². The summed E-state index contributed by atoms with van der Waals surface area (Å²) in [5, 5.41) is 19.6. The molecule has 9 heteroatoms. The monoisotopic (exact) mass is 345 g/mol. The smallest absolute Gasteiger partial charge is 0.243 e. The Morgan fingerprint density at radius 2 is 2.08 bits per heavy atom. The second-order valence-corrected chi connectivity index (χ2v) is 5.56. The van der Waals surface area contributed by atoms with Gasteiger partial charge in [-0.2, -0.15) is 9.90 Å². The third-order valence-electron chi connectivity index (χ3n) is 3.29. The molecule has 0 aliphatic carbocycles. The van der Waals surface area contributed by atoms with Crippen LogP contribution in [-0.4, -0.2) is 42.4 Å². The molecule has 0 atom stereocenters. The Balaban J connectivity index is 1.45. The molecule has 1 amide bonds. The van der Waals surface area contributed by atoms with Gasteiger partial charge in [-0.1, -0.05) is 11.6 Å². The highest BCUT2D eigenvalue weighted by atomic mass is 35.5. The van der Waals surface area contributed by atoms with Gasteiger partial charge in [-0.3, -0.25) is 9.48 Å². The Bertz CT molecular complexity index is 783. The molecule has 8 nitrogen and oxygen atoms in total. The first-order valence-electron chi connectivity index (χ1n) is 7.48. The fourth-order valence-electron chi connectivity index (χ4n) is 2.11. The van der Waals surface area contributed by atoms with Crippen LogP contribution in [0.4, 0.5) is 0 Å².